The van der Waals surface area contributed by atoms with Crippen LogP contribution in [0.1, 0.15) is 0 Å². The van der Waals surface area contributed by atoms with Gasteiger partial charge in [-0.15, -0.1) is 0 Å². The molecule has 2 rings (SSSR count). The van der Waals surface area contributed by atoms with Gasteiger partial charge in [0.2, 0.25) is 5.88 Å². The van der Waals surface area contributed by atoms with Crippen LogP contribution in [0.4, 0.5) is 0 Å². The van der Waals surface area contributed by atoms with E-state index in [1.807, 2.05) is 12.1 Å². The molecule has 0 aliphatic heterocycles. The average Bonchev–Trinajstić information content (AvgIpc) is 2.37. The number of pyridine rings is 1. The fraction of sp³-hybridized carbons (Fsp3) is 0.182. The van der Waals surface area contributed by atoms with Crippen LogP contribution in [-0.2, 0) is 0 Å². The summed E-state index contributed by atoms with van der Waals surface area (Å²) in [6.45, 7) is 0.890. The summed E-state index contributed by atoms with van der Waals surface area (Å²) in [5.74, 6) is 1.28. The Morgan fingerprint density at radius 3 is 2.69 bits per heavy atom. The number of ether oxygens (including phenoxy) is 2. The van der Waals surface area contributed by atoms with Crippen LogP contribution in [0.2, 0.25) is 0 Å². The SMILES string of the molecule is c1cncc(OCCOc2ccncn2)c1. The Bertz CT molecular complexity index is 367. The first-order valence-corrected chi connectivity index (χ1v) is 4.87. The van der Waals surface area contributed by atoms with Crippen LogP contribution in [0.25, 0.3) is 0 Å². The van der Waals surface area contributed by atoms with Gasteiger partial charge in [0.15, 0.2) is 0 Å². The molecule has 0 spiro atoms. The van der Waals surface area contributed by atoms with Crippen LogP contribution in [0.3, 0.4) is 0 Å². The molecule has 5 heteroatoms. The molecule has 0 unspecified atom stereocenters. The summed E-state index contributed by atoms with van der Waals surface area (Å²) in [7, 11) is 0. The zero-order valence-corrected chi connectivity index (χ0v) is 8.61. The number of nitrogens with zero attached hydrogens (tertiary/aromatic N) is 3. The number of aromatic nitrogens is 3. The number of hydrogen-bond acceptors (Lipinski definition) is 5. The predicted molar refractivity (Wildman–Crippen MR) is 57.3 cm³/mol. The van der Waals surface area contributed by atoms with Crippen LogP contribution in [-0.4, -0.2) is 28.2 Å². The molecule has 2 aromatic rings. The van der Waals surface area contributed by atoms with E-state index >= 15 is 0 Å². The molecule has 0 radical (unpaired) electrons. The smallest absolute Gasteiger partial charge is 0.216 e. The zero-order chi connectivity index (χ0) is 11.1. The summed E-state index contributed by atoms with van der Waals surface area (Å²) in [5.41, 5.74) is 0. The Labute approximate surface area is 93.1 Å². The molecule has 0 atom stereocenters. The molecule has 0 aliphatic rings. The van der Waals surface area contributed by atoms with Crippen LogP contribution in [0.15, 0.2) is 43.1 Å². The average molecular weight is 217 g/mol. The highest BCUT2D eigenvalue weighted by molar-refractivity contribution is 5.15. The van der Waals surface area contributed by atoms with Crippen molar-refractivity contribution in [2.24, 2.45) is 0 Å². The van der Waals surface area contributed by atoms with Crippen molar-refractivity contribution in [1.82, 2.24) is 15.0 Å². The summed E-state index contributed by atoms with van der Waals surface area (Å²) in [5, 5.41) is 0. The van der Waals surface area contributed by atoms with E-state index in [1.54, 1.807) is 24.7 Å². The molecule has 0 aromatic carbocycles. The maximum atomic E-state index is 5.40. The van der Waals surface area contributed by atoms with E-state index in [4.69, 9.17) is 9.47 Å². The quantitative estimate of drug-likeness (QED) is 0.707. The largest absolute Gasteiger partial charge is 0.488 e. The Morgan fingerprint density at radius 1 is 1.00 bits per heavy atom. The molecular formula is C11H11N3O2. The van der Waals surface area contributed by atoms with Gasteiger partial charge < -0.3 is 9.47 Å². The van der Waals surface area contributed by atoms with Crippen LogP contribution < -0.4 is 9.47 Å². The topological polar surface area (TPSA) is 57.1 Å². The van der Waals surface area contributed by atoms with Crippen molar-refractivity contribution in [3.05, 3.63) is 43.1 Å². The van der Waals surface area contributed by atoms with E-state index in [1.165, 1.54) is 6.33 Å². The van der Waals surface area contributed by atoms with E-state index in [0.717, 1.165) is 5.75 Å². The lowest BCUT2D eigenvalue weighted by Crippen LogP contribution is -2.09. The fourth-order valence-electron chi connectivity index (χ4n) is 1.10. The monoisotopic (exact) mass is 217 g/mol. The summed E-state index contributed by atoms with van der Waals surface area (Å²) < 4.78 is 10.7. The third kappa shape index (κ3) is 3.20. The molecule has 0 fully saturated rings. The number of rotatable bonds is 5. The predicted octanol–water partition coefficient (Wildman–Crippen LogP) is 1.33. The highest BCUT2D eigenvalue weighted by Crippen LogP contribution is 2.06. The molecule has 0 N–H and O–H groups in total. The first kappa shape index (κ1) is 10.4. The van der Waals surface area contributed by atoms with Gasteiger partial charge in [-0.2, -0.15) is 0 Å². The summed E-state index contributed by atoms with van der Waals surface area (Å²) in [6, 6.07) is 5.36. The van der Waals surface area contributed by atoms with E-state index in [0.29, 0.717) is 19.1 Å². The van der Waals surface area contributed by atoms with E-state index in [2.05, 4.69) is 15.0 Å². The third-order valence-electron chi connectivity index (χ3n) is 1.79. The Hall–Kier alpha value is -2.17. The van der Waals surface area contributed by atoms with Crippen molar-refractivity contribution in [3.8, 4) is 11.6 Å². The fourth-order valence-corrected chi connectivity index (χ4v) is 1.10. The minimum absolute atomic E-state index is 0.436. The van der Waals surface area contributed by atoms with Crippen LogP contribution in [0.5, 0.6) is 11.6 Å². The van der Waals surface area contributed by atoms with Crippen molar-refractivity contribution in [3.63, 3.8) is 0 Å². The summed E-state index contributed by atoms with van der Waals surface area (Å²) in [4.78, 5) is 11.6. The van der Waals surface area contributed by atoms with Crippen molar-refractivity contribution in [1.29, 1.82) is 0 Å². The second kappa shape index (κ2) is 5.65. The second-order valence-corrected chi connectivity index (χ2v) is 2.93. The molecule has 0 amide bonds. The van der Waals surface area contributed by atoms with Gasteiger partial charge in [0.25, 0.3) is 0 Å². The molecule has 0 bridgehead atoms. The minimum Gasteiger partial charge on any atom is -0.488 e. The van der Waals surface area contributed by atoms with Crippen LogP contribution in [0, 0.1) is 0 Å². The first-order chi connectivity index (χ1) is 7.95. The maximum absolute atomic E-state index is 5.40. The van der Waals surface area contributed by atoms with Crippen molar-refractivity contribution >= 4 is 0 Å². The Morgan fingerprint density at radius 2 is 1.94 bits per heavy atom. The first-order valence-electron chi connectivity index (χ1n) is 4.87. The van der Waals surface area contributed by atoms with Gasteiger partial charge in [0.1, 0.15) is 25.3 Å². The highest BCUT2D eigenvalue weighted by Gasteiger charge is 1.95. The molecule has 5 nitrogen and oxygen atoms in total. The molecule has 0 saturated carbocycles. The highest BCUT2D eigenvalue weighted by atomic mass is 16.5. The van der Waals surface area contributed by atoms with E-state index < -0.39 is 0 Å². The van der Waals surface area contributed by atoms with Crippen molar-refractivity contribution in [2.75, 3.05) is 13.2 Å². The van der Waals surface area contributed by atoms with E-state index in [9.17, 15) is 0 Å². The van der Waals surface area contributed by atoms with Gasteiger partial charge in [-0.3, -0.25) is 4.98 Å². The lowest BCUT2D eigenvalue weighted by Gasteiger charge is -2.06. The molecular weight excluding hydrogens is 206 g/mol. The van der Waals surface area contributed by atoms with E-state index in [-0.39, 0.29) is 0 Å². The standard InChI is InChI=1S/C11H11N3O2/c1-2-10(8-12-4-1)15-6-7-16-11-3-5-13-9-14-11/h1-5,8-9H,6-7H2. The molecule has 2 heterocycles. The zero-order valence-electron chi connectivity index (χ0n) is 8.61. The molecule has 82 valence electrons. The van der Waals surface area contributed by atoms with Gasteiger partial charge in [-0.25, -0.2) is 9.97 Å². The molecule has 2 aromatic heterocycles. The van der Waals surface area contributed by atoms with Crippen LogP contribution >= 0.6 is 0 Å². The summed E-state index contributed by atoms with van der Waals surface area (Å²) in [6.07, 6.45) is 6.43. The van der Waals surface area contributed by atoms with Gasteiger partial charge in [0.05, 0.1) is 6.20 Å². The molecule has 16 heavy (non-hydrogen) atoms. The normalized spacial score (nSPS) is 9.75. The minimum atomic E-state index is 0.436. The third-order valence-corrected chi connectivity index (χ3v) is 1.79. The van der Waals surface area contributed by atoms with Gasteiger partial charge in [0, 0.05) is 18.5 Å². The summed E-state index contributed by atoms with van der Waals surface area (Å²) >= 11 is 0. The van der Waals surface area contributed by atoms with Gasteiger partial charge in [-0.1, -0.05) is 0 Å². The lowest BCUT2D eigenvalue weighted by atomic mass is 10.5. The molecule has 0 saturated heterocycles. The lowest BCUT2D eigenvalue weighted by molar-refractivity contribution is 0.211. The maximum Gasteiger partial charge on any atom is 0.216 e. The molecule has 0 aliphatic carbocycles. The number of hydrogen-bond donors (Lipinski definition) is 0. The van der Waals surface area contributed by atoms with Gasteiger partial charge in [-0.05, 0) is 12.1 Å². The Balaban J connectivity index is 1.70. The van der Waals surface area contributed by atoms with Crippen molar-refractivity contribution in [2.45, 2.75) is 0 Å². The second-order valence-electron chi connectivity index (χ2n) is 2.93. The van der Waals surface area contributed by atoms with Crippen molar-refractivity contribution < 1.29 is 9.47 Å². The van der Waals surface area contributed by atoms with Gasteiger partial charge >= 0.3 is 0 Å². The Kier molecular flexibility index (Phi) is 3.65.